The largest absolute Gasteiger partial charge is 0.454 e. The number of nitrogens with one attached hydrogen (secondary N) is 1. The van der Waals surface area contributed by atoms with Crippen LogP contribution in [0, 0.1) is 12.7 Å². The molecule has 0 fully saturated rings. The molecule has 27 heavy (non-hydrogen) atoms. The van der Waals surface area contributed by atoms with Crippen LogP contribution in [0.3, 0.4) is 0 Å². The second kappa shape index (κ2) is 6.92. The van der Waals surface area contributed by atoms with E-state index in [4.69, 9.17) is 21.1 Å². The van der Waals surface area contributed by atoms with Crippen LogP contribution < -0.4 is 14.8 Å². The molecule has 0 saturated carbocycles. The number of hydrogen-bond acceptors (Lipinski definition) is 4. The number of benzene rings is 2. The first-order chi connectivity index (χ1) is 13.0. The molecular formula is C19H15ClFN3O3. The van der Waals surface area contributed by atoms with Crippen LogP contribution in [0.1, 0.15) is 21.6 Å². The fourth-order valence-corrected chi connectivity index (χ4v) is 3.19. The van der Waals surface area contributed by atoms with Crippen LogP contribution in [-0.4, -0.2) is 22.5 Å². The highest BCUT2D eigenvalue weighted by molar-refractivity contribution is 6.33. The monoisotopic (exact) mass is 387 g/mol. The second-order valence-corrected chi connectivity index (χ2v) is 6.37. The maximum atomic E-state index is 13.1. The number of hydrogen-bond donors (Lipinski definition) is 1. The Bertz CT molecular complexity index is 1020. The number of nitrogens with zero attached hydrogens (tertiary/aromatic N) is 2. The molecular weight excluding hydrogens is 373 g/mol. The number of aryl methyl sites for hydroxylation is 1. The molecule has 0 atom stereocenters. The molecule has 0 aliphatic carbocycles. The van der Waals surface area contributed by atoms with Gasteiger partial charge in [0.05, 0.1) is 16.9 Å². The SMILES string of the molecule is Cc1nn(-c2ccc(F)cc2)c(Cl)c1C(=O)NCc1ccc2c(c1)OCO2. The number of aromatic nitrogens is 2. The van der Waals surface area contributed by atoms with Crippen molar-refractivity contribution in [2.75, 3.05) is 6.79 Å². The molecule has 0 radical (unpaired) electrons. The standard InChI is InChI=1S/C19H15ClFN3O3/c1-11-17(18(20)24(23-11)14-5-3-13(21)4-6-14)19(25)22-9-12-2-7-15-16(8-12)27-10-26-15/h2-8H,9-10H2,1H3,(H,22,25). The highest BCUT2D eigenvalue weighted by Gasteiger charge is 2.21. The van der Waals surface area contributed by atoms with E-state index in [1.807, 2.05) is 12.1 Å². The van der Waals surface area contributed by atoms with E-state index in [-0.39, 0.29) is 29.2 Å². The van der Waals surface area contributed by atoms with E-state index in [0.29, 0.717) is 29.4 Å². The van der Waals surface area contributed by atoms with E-state index >= 15 is 0 Å². The van der Waals surface area contributed by atoms with Gasteiger partial charge in [-0.15, -0.1) is 0 Å². The Balaban J connectivity index is 1.53. The summed E-state index contributed by atoms with van der Waals surface area (Å²) in [6, 6.07) is 11.2. The van der Waals surface area contributed by atoms with Gasteiger partial charge in [-0.2, -0.15) is 5.10 Å². The maximum Gasteiger partial charge on any atom is 0.256 e. The molecule has 1 aliphatic rings. The van der Waals surface area contributed by atoms with Crippen molar-refractivity contribution in [2.24, 2.45) is 0 Å². The second-order valence-electron chi connectivity index (χ2n) is 6.01. The molecule has 2 aromatic carbocycles. The summed E-state index contributed by atoms with van der Waals surface area (Å²) in [6.07, 6.45) is 0. The molecule has 1 aliphatic heterocycles. The minimum absolute atomic E-state index is 0.169. The predicted molar refractivity (Wildman–Crippen MR) is 97.0 cm³/mol. The minimum atomic E-state index is -0.361. The van der Waals surface area contributed by atoms with Crippen LogP contribution in [0.4, 0.5) is 4.39 Å². The van der Waals surface area contributed by atoms with E-state index in [9.17, 15) is 9.18 Å². The van der Waals surface area contributed by atoms with Crippen molar-refractivity contribution in [1.29, 1.82) is 0 Å². The molecule has 3 aromatic rings. The molecule has 1 amide bonds. The zero-order valence-corrected chi connectivity index (χ0v) is 15.1. The van der Waals surface area contributed by atoms with Crippen LogP contribution in [0.5, 0.6) is 11.5 Å². The first-order valence-corrected chi connectivity index (χ1v) is 8.58. The van der Waals surface area contributed by atoms with E-state index in [1.54, 1.807) is 25.1 Å². The minimum Gasteiger partial charge on any atom is -0.454 e. The molecule has 0 saturated heterocycles. The summed E-state index contributed by atoms with van der Waals surface area (Å²) in [7, 11) is 0. The zero-order valence-electron chi connectivity index (χ0n) is 14.3. The molecule has 8 heteroatoms. The third kappa shape index (κ3) is 3.33. The number of carbonyl (C=O) groups excluding carboxylic acids is 1. The molecule has 138 valence electrons. The zero-order chi connectivity index (χ0) is 19.0. The van der Waals surface area contributed by atoms with Gasteiger partial charge in [0.1, 0.15) is 11.0 Å². The number of halogens is 2. The summed E-state index contributed by atoms with van der Waals surface area (Å²) < 4.78 is 25.1. The Morgan fingerprint density at radius 2 is 1.96 bits per heavy atom. The Kier molecular flexibility index (Phi) is 4.45. The quantitative estimate of drug-likeness (QED) is 0.742. The third-order valence-corrected chi connectivity index (χ3v) is 4.54. The fourth-order valence-electron chi connectivity index (χ4n) is 2.83. The van der Waals surface area contributed by atoms with Crippen molar-refractivity contribution in [3.63, 3.8) is 0 Å². The van der Waals surface area contributed by atoms with Crippen LogP contribution in [0.15, 0.2) is 42.5 Å². The topological polar surface area (TPSA) is 65.4 Å². The van der Waals surface area contributed by atoms with Gasteiger partial charge in [-0.3, -0.25) is 4.79 Å². The Labute approximate surface area is 159 Å². The van der Waals surface area contributed by atoms with Crippen molar-refractivity contribution in [3.05, 3.63) is 70.3 Å². The summed E-state index contributed by atoms with van der Waals surface area (Å²) in [5.41, 5.74) is 2.20. The van der Waals surface area contributed by atoms with Gasteiger partial charge in [0, 0.05) is 6.54 Å². The van der Waals surface area contributed by atoms with Crippen molar-refractivity contribution in [1.82, 2.24) is 15.1 Å². The van der Waals surface area contributed by atoms with Crippen LogP contribution in [0.2, 0.25) is 5.15 Å². The van der Waals surface area contributed by atoms with Gasteiger partial charge in [-0.05, 0) is 48.9 Å². The first kappa shape index (κ1) is 17.4. The van der Waals surface area contributed by atoms with Gasteiger partial charge in [-0.25, -0.2) is 9.07 Å². The molecule has 1 N–H and O–H groups in total. The van der Waals surface area contributed by atoms with Crippen LogP contribution >= 0.6 is 11.6 Å². The summed E-state index contributed by atoms with van der Waals surface area (Å²) in [5, 5.41) is 7.30. The lowest BCUT2D eigenvalue weighted by atomic mass is 10.2. The number of ether oxygens (including phenoxy) is 2. The van der Waals surface area contributed by atoms with Gasteiger partial charge < -0.3 is 14.8 Å². The summed E-state index contributed by atoms with van der Waals surface area (Å²) in [6.45, 7) is 2.19. The average Bonchev–Trinajstić information content (AvgIpc) is 3.24. The van der Waals surface area contributed by atoms with Gasteiger partial charge >= 0.3 is 0 Å². The van der Waals surface area contributed by atoms with Crippen molar-refractivity contribution < 1.29 is 18.7 Å². The number of fused-ring (bicyclic) bond motifs is 1. The summed E-state index contributed by atoms with van der Waals surface area (Å²) in [5.74, 6) is 0.633. The molecule has 6 nitrogen and oxygen atoms in total. The lowest BCUT2D eigenvalue weighted by Crippen LogP contribution is -2.23. The molecule has 4 rings (SSSR count). The lowest BCUT2D eigenvalue weighted by molar-refractivity contribution is 0.0950. The van der Waals surface area contributed by atoms with E-state index in [2.05, 4.69) is 10.4 Å². The smallest absolute Gasteiger partial charge is 0.256 e. The highest BCUT2D eigenvalue weighted by Crippen LogP contribution is 2.32. The normalized spacial score (nSPS) is 12.3. The van der Waals surface area contributed by atoms with E-state index < -0.39 is 0 Å². The van der Waals surface area contributed by atoms with Crippen LogP contribution in [0.25, 0.3) is 5.69 Å². The molecule has 0 spiro atoms. The molecule has 0 unspecified atom stereocenters. The maximum absolute atomic E-state index is 13.1. The van der Waals surface area contributed by atoms with Gasteiger partial charge in [0.25, 0.3) is 5.91 Å². The Morgan fingerprint density at radius 3 is 2.74 bits per heavy atom. The highest BCUT2D eigenvalue weighted by atomic mass is 35.5. The van der Waals surface area contributed by atoms with Gasteiger partial charge in [0.2, 0.25) is 6.79 Å². The van der Waals surface area contributed by atoms with E-state index in [1.165, 1.54) is 16.8 Å². The Hall–Kier alpha value is -3.06. The molecule has 0 bridgehead atoms. The van der Waals surface area contributed by atoms with Crippen molar-refractivity contribution in [2.45, 2.75) is 13.5 Å². The number of rotatable bonds is 4. The number of amides is 1. The van der Waals surface area contributed by atoms with Crippen molar-refractivity contribution in [3.8, 4) is 17.2 Å². The average molecular weight is 388 g/mol. The van der Waals surface area contributed by atoms with Gasteiger partial charge in [-0.1, -0.05) is 17.7 Å². The molecule has 1 aromatic heterocycles. The lowest BCUT2D eigenvalue weighted by Gasteiger charge is -2.07. The summed E-state index contributed by atoms with van der Waals surface area (Å²) in [4.78, 5) is 12.6. The number of carbonyl (C=O) groups is 1. The fraction of sp³-hybridized carbons (Fsp3) is 0.158. The predicted octanol–water partition coefficient (Wildman–Crippen LogP) is 3.63. The van der Waals surface area contributed by atoms with E-state index in [0.717, 1.165) is 5.56 Å². The first-order valence-electron chi connectivity index (χ1n) is 8.21. The third-order valence-electron chi connectivity index (χ3n) is 4.19. The summed E-state index contributed by atoms with van der Waals surface area (Å²) >= 11 is 6.37. The van der Waals surface area contributed by atoms with Crippen LogP contribution in [-0.2, 0) is 6.54 Å². The van der Waals surface area contributed by atoms with Crippen molar-refractivity contribution >= 4 is 17.5 Å². The van der Waals surface area contributed by atoms with Gasteiger partial charge in [0.15, 0.2) is 11.5 Å². The Morgan fingerprint density at radius 1 is 1.22 bits per heavy atom. The molecule has 2 heterocycles.